The maximum Gasteiger partial charge on any atom is 0.216 e. The molecule has 2 aromatic carbocycles. The summed E-state index contributed by atoms with van der Waals surface area (Å²) >= 11 is 0. The minimum absolute atomic E-state index is 0. The average molecular weight is 914 g/mol. The molecule has 4 heterocycles. The summed E-state index contributed by atoms with van der Waals surface area (Å²) < 4.78 is 6.34. The molecule has 1 saturated carbocycles. The van der Waals surface area contributed by atoms with Crippen molar-refractivity contribution >= 4 is 35.3 Å². The van der Waals surface area contributed by atoms with Crippen molar-refractivity contribution in [2.24, 2.45) is 11.3 Å². The number of hydrogen-bond acceptors (Lipinski definition) is 4. The predicted octanol–water partition coefficient (Wildman–Crippen LogP) is 12.7. The number of aromatic nitrogens is 3. The van der Waals surface area contributed by atoms with E-state index in [4.69, 9.17) is 19.4 Å². The smallest absolute Gasteiger partial charge is 0.216 e. The van der Waals surface area contributed by atoms with Crippen molar-refractivity contribution in [3.8, 4) is 22.5 Å². The van der Waals surface area contributed by atoms with Gasteiger partial charge in [0.25, 0.3) is 0 Å². The summed E-state index contributed by atoms with van der Waals surface area (Å²) in [5, 5.41) is 3.61. The fraction of sp³-hybridized carbons (Fsp3) is 0.438. The van der Waals surface area contributed by atoms with Crippen LogP contribution in [0.25, 0.3) is 44.6 Å². The number of benzene rings is 2. The van der Waals surface area contributed by atoms with E-state index in [-0.39, 0.29) is 30.9 Å². The molecule has 0 saturated heterocycles. The third kappa shape index (κ3) is 9.86. The quantitative estimate of drug-likeness (QED) is 0.118. The summed E-state index contributed by atoms with van der Waals surface area (Å²) in [6.45, 7) is 25.1. The SMILES string of the molecule is CC(C)(C)Cc1cc(-c2[c-]cccc2)ncc1[Si](C)(C)C.CC(C)c1cnc(-c2[c-]ccc3c2oc2nc(C(C)(C)C)ccc23)cc1CC1CCCC1.[Ir]. The van der Waals surface area contributed by atoms with Crippen molar-refractivity contribution in [3.05, 3.63) is 108 Å². The van der Waals surface area contributed by atoms with Gasteiger partial charge < -0.3 is 14.4 Å². The van der Waals surface area contributed by atoms with Crippen molar-refractivity contribution in [3.63, 3.8) is 0 Å². The number of fused-ring (bicyclic) bond motifs is 3. The Morgan fingerprint density at radius 3 is 2.15 bits per heavy atom. The van der Waals surface area contributed by atoms with E-state index in [1.807, 2.05) is 24.3 Å². The van der Waals surface area contributed by atoms with Crippen LogP contribution in [0.1, 0.15) is 109 Å². The fourth-order valence-corrected chi connectivity index (χ4v) is 9.26. The Kier molecular flexibility index (Phi) is 12.9. The molecule has 4 nitrogen and oxygen atoms in total. The normalized spacial score (nSPS) is 14.0. The molecule has 6 aromatic rings. The number of pyridine rings is 3. The van der Waals surface area contributed by atoms with Crippen molar-refractivity contribution in [2.75, 3.05) is 0 Å². The van der Waals surface area contributed by atoms with Crippen LogP contribution >= 0.6 is 0 Å². The van der Waals surface area contributed by atoms with Gasteiger partial charge in [0.1, 0.15) is 0 Å². The van der Waals surface area contributed by atoms with E-state index in [9.17, 15) is 0 Å². The molecule has 0 atom stereocenters. The third-order valence-corrected chi connectivity index (χ3v) is 12.5. The Morgan fingerprint density at radius 2 is 1.52 bits per heavy atom. The van der Waals surface area contributed by atoms with Gasteiger partial charge in [-0.25, -0.2) is 4.98 Å². The van der Waals surface area contributed by atoms with Gasteiger partial charge in [-0.2, -0.15) is 0 Å². The molecule has 54 heavy (non-hydrogen) atoms. The van der Waals surface area contributed by atoms with Gasteiger partial charge >= 0.3 is 0 Å². The summed E-state index contributed by atoms with van der Waals surface area (Å²) in [6.07, 6.45) is 11.9. The predicted molar refractivity (Wildman–Crippen MR) is 227 cm³/mol. The van der Waals surface area contributed by atoms with Crippen LogP contribution in [-0.4, -0.2) is 23.0 Å². The number of hydrogen-bond donors (Lipinski definition) is 0. The van der Waals surface area contributed by atoms with Gasteiger partial charge in [0.15, 0.2) is 0 Å². The average Bonchev–Trinajstić information content (AvgIpc) is 3.74. The first-order valence-corrected chi connectivity index (χ1v) is 23.2. The third-order valence-electron chi connectivity index (χ3n) is 10.5. The molecule has 6 heteroatoms. The molecule has 1 radical (unpaired) electrons. The van der Waals surface area contributed by atoms with E-state index in [1.165, 1.54) is 47.6 Å². The van der Waals surface area contributed by atoms with E-state index >= 15 is 0 Å². The van der Waals surface area contributed by atoms with Gasteiger partial charge in [-0.15, -0.1) is 54.1 Å². The van der Waals surface area contributed by atoms with Gasteiger partial charge in [0.05, 0.1) is 13.7 Å². The van der Waals surface area contributed by atoms with Crippen molar-refractivity contribution in [2.45, 2.75) is 125 Å². The van der Waals surface area contributed by atoms with Crippen LogP contribution in [0.5, 0.6) is 0 Å². The van der Waals surface area contributed by atoms with Crippen LogP contribution in [0.4, 0.5) is 0 Å². The molecule has 1 aliphatic carbocycles. The van der Waals surface area contributed by atoms with Crippen LogP contribution in [0.3, 0.4) is 0 Å². The van der Waals surface area contributed by atoms with Gasteiger partial charge in [-0.3, -0.25) is 0 Å². The van der Waals surface area contributed by atoms with Gasteiger partial charge in [-0.1, -0.05) is 129 Å². The second kappa shape index (κ2) is 16.7. The molecule has 7 rings (SSSR count). The summed E-state index contributed by atoms with van der Waals surface area (Å²) in [5.41, 5.74) is 11.1. The summed E-state index contributed by atoms with van der Waals surface area (Å²) in [6, 6.07) is 27.7. The first kappa shape index (κ1) is 41.7. The van der Waals surface area contributed by atoms with E-state index in [0.29, 0.717) is 11.6 Å². The number of rotatable bonds is 7. The maximum atomic E-state index is 6.34. The molecule has 1 fully saturated rings. The zero-order valence-corrected chi connectivity index (χ0v) is 37.8. The van der Waals surface area contributed by atoms with Crippen LogP contribution in [0.2, 0.25) is 19.6 Å². The fourth-order valence-electron chi connectivity index (χ4n) is 7.69. The second-order valence-corrected chi connectivity index (χ2v) is 23.8. The van der Waals surface area contributed by atoms with Crippen molar-refractivity contribution < 1.29 is 24.5 Å². The Morgan fingerprint density at radius 1 is 0.815 bits per heavy atom. The summed E-state index contributed by atoms with van der Waals surface area (Å²) in [4.78, 5) is 14.4. The molecular weight excluding hydrogens is 855 g/mol. The largest absolute Gasteiger partial charge is 0.486 e. The molecule has 4 aromatic heterocycles. The van der Waals surface area contributed by atoms with Gasteiger partial charge in [-0.05, 0) is 69.9 Å². The molecule has 0 bridgehead atoms. The van der Waals surface area contributed by atoms with Crippen molar-refractivity contribution in [1.29, 1.82) is 0 Å². The molecular formula is C48H59IrN3OSi-2. The zero-order chi connectivity index (χ0) is 38.1. The van der Waals surface area contributed by atoms with Crippen LogP contribution in [0, 0.1) is 23.5 Å². The van der Waals surface area contributed by atoms with Crippen molar-refractivity contribution in [1.82, 2.24) is 15.0 Å². The topological polar surface area (TPSA) is 51.8 Å². The Hall–Kier alpha value is -3.44. The molecule has 287 valence electrons. The Balaban J connectivity index is 0.000000223. The molecule has 0 aliphatic heterocycles. The van der Waals surface area contributed by atoms with Gasteiger partial charge in [0.2, 0.25) is 5.71 Å². The Bertz CT molecular complexity index is 2180. The van der Waals surface area contributed by atoms with E-state index in [0.717, 1.165) is 63.3 Å². The Labute approximate surface area is 339 Å². The van der Waals surface area contributed by atoms with E-state index in [1.54, 1.807) is 0 Å². The monoisotopic (exact) mass is 914 g/mol. The number of furan rings is 1. The minimum Gasteiger partial charge on any atom is -0.486 e. The van der Waals surface area contributed by atoms with Crippen LogP contribution in [0.15, 0.2) is 77.5 Å². The standard InChI is InChI=1S/C29H33N2O.C19H26NSi.Ir/c1-18(2)24-17-30-25(16-20(24)15-19-9-6-7-10-19)23-12-8-11-21-22-13-14-26(29(3,4)5)31-28(22)32-27(21)23;1-19(2,3)13-16-12-17(15-10-8-7-9-11-15)20-14-18(16)21(4,5)6;/h8,11,13-14,16-19H,6-7,9-10,15H2,1-5H3;7-10,12,14H,13H2,1-6H3;/q2*-1;. The van der Waals surface area contributed by atoms with Gasteiger partial charge in [0, 0.05) is 49.0 Å². The zero-order valence-electron chi connectivity index (χ0n) is 34.4. The summed E-state index contributed by atoms with van der Waals surface area (Å²) in [7, 11) is -1.37. The molecule has 1 aliphatic rings. The summed E-state index contributed by atoms with van der Waals surface area (Å²) in [5.74, 6) is 1.27. The second-order valence-electron chi connectivity index (χ2n) is 18.8. The number of nitrogens with zero attached hydrogens (tertiary/aromatic N) is 3. The molecule has 0 amide bonds. The molecule has 0 unspecified atom stereocenters. The molecule has 0 N–H and O–H groups in total. The van der Waals surface area contributed by atoms with Crippen LogP contribution < -0.4 is 5.19 Å². The minimum atomic E-state index is -1.37. The van der Waals surface area contributed by atoms with E-state index < -0.39 is 8.07 Å². The first-order valence-electron chi connectivity index (χ1n) is 19.7. The van der Waals surface area contributed by atoms with E-state index in [2.05, 4.69) is 136 Å². The first-order chi connectivity index (χ1) is 25.0. The maximum absolute atomic E-state index is 6.34. The van der Waals surface area contributed by atoms with Crippen LogP contribution in [-0.2, 0) is 38.4 Å². The molecule has 0 spiro atoms.